The van der Waals surface area contributed by atoms with Crippen molar-refractivity contribution in [3.8, 4) is 5.75 Å². The van der Waals surface area contributed by atoms with Gasteiger partial charge in [-0.2, -0.15) is 0 Å². The monoisotopic (exact) mass is 385 g/mol. The molecule has 0 spiro atoms. The molecule has 0 saturated carbocycles. The summed E-state index contributed by atoms with van der Waals surface area (Å²) in [4.78, 5) is 2.22. The van der Waals surface area contributed by atoms with Gasteiger partial charge >= 0.3 is 0 Å². The molecule has 0 aliphatic heterocycles. The predicted octanol–water partition coefficient (Wildman–Crippen LogP) is 5.16. The summed E-state index contributed by atoms with van der Waals surface area (Å²) in [6.07, 6.45) is 0. The molecule has 0 N–H and O–H groups in total. The number of hydrogen-bond acceptors (Lipinski definition) is 5. The van der Waals surface area contributed by atoms with Gasteiger partial charge < -0.3 is 14.1 Å². The molecule has 3 aromatic carbocycles. The van der Waals surface area contributed by atoms with E-state index in [1.54, 1.807) is 6.92 Å². The second kappa shape index (κ2) is 9.06. The molecule has 1 heterocycles. The van der Waals surface area contributed by atoms with E-state index in [2.05, 4.69) is 51.5 Å². The molecule has 5 nitrogen and oxygen atoms in total. The fraction of sp³-hybridized carbons (Fsp3) is 0.167. The fourth-order valence-corrected chi connectivity index (χ4v) is 3.09. The Labute approximate surface area is 170 Å². The van der Waals surface area contributed by atoms with Gasteiger partial charge in [-0.25, -0.2) is 0 Å². The molecule has 0 aliphatic rings. The summed E-state index contributed by atoms with van der Waals surface area (Å²) < 4.78 is 11.5. The average Bonchev–Trinajstić information content (AvgIpc) is 3.19. The Balaban J connectivity index is 1.44. The number of rotatable bonds is 8. The quantitative estimate of drug-likeness (QED) is 0.419. The van der Waals surface area contributed by atoms with Crippen LogP contribution in [0, 0.1) is 6.92 Å². The van der Waals surface area contributed by atoms with Gasteiger partial charge in [0.25, 0.3) is 0 Å². The van der Waals surface area contributed by atoms with Crippen molar-refractivity contribution in [3.63, 3.8) is 0 Å². The van der Waals surface area contributed by atoms with E-state index in [4.69, 9.17) is 9.15 Å². The molecule has 4 rings (SSSR count). The van der Waals surface area contributed by atoms with Crippen molar-refractivity contribution < 1.29 is 9.15 Å². The van der Waals surface area contributed by atoms with Gasteiger partial charge in [0.1, 0.15) is 12.4 Å². The minimum atomic E-state index is 0.553. The van der Waals surface area contributed by atoms with Crippen LogP contribution < -0.4 is 9.64 Å². The smallest absolute Gasteiger partial charge is 0.235 e. The molecule has 29 heavy (non-hydrogen) atoms. The number of aryl methyl sites for hydroxylation is 1. The molecule has 146 valence electrons. The lowest BCUT2D eigenvalue weighted by Crippen LogP contribution is -2.22. The van der Waals surface area contributed by atoms with E-state index in [0.29, 0.717) is 24.9 Å². The van der Waals surface area contributed by atoms with Gasteiger partial charge in [0.2, 0.25) is 11.8 Å². The third-order valence-electron chi connectivity index (χ3n) is 4.56. The van der Waals surface area contributed by atoms with Crippen LogP contribution in [-0.4, -0.2) is 10.2 Å². The van der Waals surface area contributed by atoms with E-state index in [1.165, 1.54) is 5.56 Å². The lowest BCUT2D eigenvalue weighted by molar-refractivity contribution is 0.306. The van der Waals surface area contributed by atoms with Crippen LogP contribution in [-0.2, 0) is 19.7 Å². The van der Waals surface area contributed by atoms with Crippen molar-refractivity contribution in [2.75, 3.05) is 4.90 Å². The second-order valence-corrected chi connectivity index (χ2v) is 6.82. The summed E-state index contributed by atoms with van der Waals surface area (Å²) in [6, 6.07) is 28.6. The zero-order chi connectivity index (χ0) is 19.9. The molecule has 0 saturated heterocycles. The first kappa shape index (κ1) is 18.7. The van der Waals surface area contributed by atoms with Crippen LogP contribution in [0.4, 0.5) is 5.69 Å². The molecule has 0 atom stereocenters. The Kier molecular flexibility index (Phi) is 5.86. The van der Waals surface area contributed by atoms with Gasteiger partial charge in [0.15, 0.2) is 0 Å². The van der Waals surface area contributed by atoms with E-state index >= 15 is 0 Å². The largest absolute Gasteiger partial charge is 0.489 e. The zero-order valence-corrected chi connectivity index (χ0v) is 16.4. The van der Waals surface area contributed by atoms with E-state index in [1.807, 2.05) is 48.5 Å². The highest BCUT2D eigenvalue weighted by Gasteiger charge is 2.12. The number of nitrogens with zero attached hydrogens (tertiary/aromatic N) is 3. The van der Waals surface area contributed by atoms with Crippen molar-refractivity contribution in [1.29, 1.82) is 0 Å². The third kappa shape index (κ3) is 5.23. The van der Waals surface area contributed by atoms with E-state index in [9.17, 15) is 0 Å². The van der Waals surface area contributed by atoms with Crippen LogP contribution in [0.15, 0.2) is 89.3 Å². The van der Waals surface area contributed by atoms with Crippen LogP contribution in [0.1, 0.15) is 22.9 Å². The lowest BCUT2D eigenvalue weighted by Gasteiger charge is -2.23. The van der Waals surface area contributed by atoms with Crippen molar-refractivity contribution in [1.82, 2.24) is 10.2 Å². The van der Waals surface area contributed by atoms with Gasteiger partial charge in [-0.1, -0.05) is 60.7 Å². The first-order chi connectivity index (χ1) is 14.3. The first-order valence-corrected chi connectivity index (χ1v) is 9.61. The highest BCUT2D eigenvalue weighted by Crippen LogP contribution is 2.21. The highest BCUT2D eigenvalue weighted by molar-refractivity contribution is 5.47. The van der Waals surface area contributed by atoms with Crippen LogP contribution in [0.25, 0.3) is 0 Å². The lowest BCUT2D eigenvalue weighted by atomic mass is 10.2. The summed E-state index contributed by atoms with van der Waals surface area (Å²) in [5.41, 5.74) is 3.44. The van der Waals surface area contributed by atoms with Gasteiger partial charge in [0.05, 0.1) is 6.54 Å². The van der Waals surface area contributed by atoms with Gasteiger partial charge in [-0.3, -0.25) is 0 Å². The van der Waals surface area contributed by atoms with Gasteiger partial charge in [0, 0.05) is 19.2 Å². The normalized spacial score (nSPS) is 10.7. The Hall–Kier alpha value is -3.60. The van der Waals surface area contributed by atoms with E-state index < -0.39 is 0 Å². The molecular weight excluding hydrogens is 362 g/mol. The van der Waals surface area contributed by atoms with Crippen molar-refractivity contribution >= 4 is 5.69 Å². The minimum absolute atomic E-state index is 0.553. The van der Waals surface area contributed by atoms with Gasteiger partial charge in [-0.05, 0) is 35.4 Å². The Morgan fingerprint density at radius 2 is 1.45 bits per heavy atom. The molecule has 0 fully saturated rings. The van der Waals surface area contributed by atoms with Crippen LogP contribution in [0.2, 0.25) is 0 Å². The maximum Gasteiger partial charge on any atom is 0.235 e. The summed E-state index contributed by atoms with van der Waals surface area (Å²) in [6.45, 7) is 3.64. The Bertz CT molecular complexity index is 1010. The number of ether oxygens (including phenoxy) is 1. The van der Waals surface area contributed by atoms with Crippen molar-refractivity contribution in [3.05, 3.63) is 108 Å². The summed E-state index contributed by atoms with van der Waals surface area (Å²) in [5.74, 6) is 2.04. The van der Waals surface area contributed by atoms with Crippen LogP contribution >= 0.6 is 0 Å². The molecule has 1 aromatic heterocycles. The van der Waals surface area contributed by atoms with Gasteiger partial charge in [-0.15, -0.1) is 10.2 Å². The highest BCUT2D eigenvalue weighted by atomic mass is 16.5. The molecule has 5 heteroatoms. The maximum absolute atomic E-state index is 5.89. The Morgan fingerprint density at radius 1 is 0.759 bits per heavy atom. The van der Waals surface area contributed by atoms with Crippen LogP contribution in [0.5, 0.6) is 5.75 Å². The first-order valence-electron chi connectivity index (χ1n) is 9.61. The SMILES string of the molecule is Cc1nnc(CN(Cc2ccc(OCc3ccccc3)cc2)c2ccccc2)o1. The Morgan fingerprint density at radius 3 is 2.10 bits per heavy atom. The number of aromatic nitrogens is 2. The molecule has 4 aromatic rings. The van der Waals surface area contributed by atoms with Crippen LogP contribution in [0.3, 0.4) is 0 Å². The van der Waals surface area contributed by atoms with Crippen molar-refractivity contribution in [2.24, 2.45) is 0 Å². The van der Waals surface area contributed by atoms with Crippen molar-refractivity contribution in [2.45, 2.75) is 26.6 Å². The number of benzene rings is 3. The molecular formula is C24H23N3O2. The summed E-state index contributed by atoms with van der Waals surface area (Å²) in [7, 11) is 0. The summed E-state index contributed by atoms with van der Waals surface area (Å²) >= 11 is 0. The predicted molar refractivity (Wildman–Crippen MR) is 113 cm³/mol. The fourth-order valence-electron chi connectivity index (χ4n) is 3.09. The molecule has 0 amide bonds. The number of para-hydroxylation sites is 1. The average molecular weight is 385 g/mol. The maximum atomic E-state index is 5.89. The van der Waals surface area contributed by atoms with E-state index in [-0.39, 0.29) is 0 Å². The molecule has 0 bridgehead atoms. The second-order valence-electron chi connectivity index (χ2n) is 6.82. The number of hydrogen-bond donors (Lipinski definition) is 0. The zero-order valence-electron chi connectivity index (χ0n) is 16.4. The standard InChI is InChI=1S/C24H23N3O2/c1-19-25-26-24(29-19)17-27(22-10-6-3-7-11-22)16-20-12-14-23(15-13-20)28-18-21-8-4-2-5-9-21/h2-15H,16-18H2,1H3. The molecule has 0 unspecified atom stereocenters. The summed E-state index contributed by atoms with van der Waals surface area (Å²) in [5, 5.41) is 8.08. The minimum Gasteiger partial charge on any atom is -0.489 e. The third-order valence-corrected chi connectivity index (χ3v) is 4.56. The molecule has 0 aliphatic carbocycles. The topological polar surface area (TPSA) is 51.4 Å². The number of anilines is 1. The molecule has 0 radical (unpaired) electrons. The van der Waals surface area contributed by atoms with E-state index in [0.717, 1.165) is 23.5 Å².